The van der Waals surface area contributed by atoms with Gasteiger partial charge in [0.05, 0.1) is 30.1 Å². The number of benzene rings is 1. The third-order valence-corrected chi connectivity index (χ3v) is 6.13. The van der Waals surface area contributed by atoms with Gasteiger partial charge in [-0.1, -0.05) is 0 Å². The molecule has 0 aliphatic carbocycles. The summed E-state index contributed by atoms with van der Waals surface area (Å²) in [6.07, 6.45) is 1.84. The van der Waals surface area contributed by atoms with Crippen LogP contribution in [0.3, 0.4) is 0 Å². The van der Waals surface area contributed by atoms with Gasteiger partial charge >= 0.3 is 0 Å². The van der Waals surface area contributed by atoms with E-state index in [1.165, 1.54) is 0 Å². The number of methoxy groups -OCH3 is 1. The highest BCUT2D eigenvalue weighted by molar-refractivity contribution is 6.13. The van der Waals surface area contributed by atoms with Crippen LogP contribution in [0, 0.1) is 13.8 Å². The van der Waals surface area contributed by atoms with Gasteiger partial charge in [-0.15, -0.1) is 5.10 Å². The van der Waals surface area contributed by atoms with Crippen molar-refractivity contribution in [2.45, 2.75) is 39.8 Å². The van der Waals surface area contributed by atoms with Crippen molar-refractivity contribution in [3.8, 4) is 5.88 Å². The van der Waals surface area contributed by atoms with Gasteiger partial charge in [-0.3, -0.25) is 4.79 Å². The van der Waals surface area contributed by atoms with E-state index in [1.54, 1.807) is 11.6 Å². The normalized spacial score (nSPS) is 18.4. The Labute approximate surface area is 198 Å². The second-order valence-electron chi connectivity index (χ2n) is 9.07. The number of piperazine rings is 1. The van der Waals surface area contributed by atoms with Crippen LogP contribution < -0.4 is 20.3 Å². The number of aromatic nitrogens is 4. The average Bonchev–Trinajstić information content (AvgIpc) is 3.18. The molecule has 1 aliphatic heterocycles. The fourth-order valence-electron chi connectivity index (χ4n) is 4.77. The number of imidazole rings is 1. The van der Waals surface area contributed by atoms with Gasteiger partial charge in [-0.25, -0.2) is 14.5 Å². The zero-order valence-electron chi connectivity index (χ0n) is 20.1. The van der Waals surface area contributed by atoms with Gasteiger partial charge in [0.25, 0.3) is 5.91 Å². The summed E-state index contributed by atoms with van der Waals surface area (Å²) in [6, 6.07) is 10.2. The van der Waals surface area contributed by atoms with Crippen molar-refractivity contribution in [2.75, 3.05) is 30.4 Å². The van der Waals surface area contributed by atoms with Crippen LogP contribution in [-0.4, -0.2) is 57.8 Å². The number of pyridine rings is 1. The molecule has 0 bridgehead atoms. The van der Waals surface area contributed by atoms with Crippen LogP contribution in [-0.2, 0) is 0 Å². The molecule has 1 fully saturated rings. The molecule has 5 rings (SSSR count). The number of fused-ring (bicyclic) bond motifs is 2. The zero-order valence-corrected chi connectivity index (χ0v) is 20.1. The molecular formula is C25H29N7O2. The molecule has 1 aliphatic rings. The number of carbonyl (C=O) groups is 1. The first kappa shape index (κ1) is 22.1. The maximum absolute atomic E-state index is 13.4. The summed E-state index contributed by atoms with van der Waals surface area (Å²) < 4.78 is 7.06. The van der Waals surface area contributed by atoms with Crippen molar-refractivity contribution >= 4 is 34.0 Å². The fraction of sp³-hybridized carbons (Fsp3) is 0.360. The van der Waals surface area contributed by atoms with E-state index in [0.29, 0.717) is 34.9 Å². The molecule has 2 N–H and O–H groups in total. The van der Waals surface area contributed by atoms with Crippen LogP contribution in [0.15, 0.2) is 36.5 Å². The van der Waals surface area contributed by atoms with Gasteiger partial charge in [-0.05, 0) is 57.5 Å². The number of nitrogens with one attached hydrogen (secondary N) is 2. The monoisotopic (exact) mass is 459 g/mol. The minimum absolute atomic E-state index is 0.276. The number of carbonyl (C=O) groups excluding carboxylic acids is 1. The Morgan fingerprint density at radius 3 is 2.62 bits per heavy atom. The van der Waals surface area contributed by atoms with E-state index < -0.39 is 0 Å². The third-order valence-electron chi connectivity index (χ3n) is 6.13. The van der Waals surface area contributed by atoms with Gasteiger partial charge in [-0.2, -0.15) is 0 Å². The van der Waals surface area contributed by atoms with Crippen LogP contribution in [0.4, 0.5) is 11.5 Å². The summed E-state index contributed by atoms with van der Waals surface area (Å²) in [4.78, 5) is 24.9. The number of nitrogens with zero attached hydrogens (tertiary/aromatic N) is 5. The van der Waals surface area contributed by atoms with E-state index in [4.69, 9.17) is 4.74 Å². The smallest absolute Gasteiger partial charge is 0.259 e. The first-order valence-electron chi connectivity index (χ1n) is 11.5. The molecule has 34 heavy (non-hydrogen) atoms. The van der Waals surface area contributed by atoms with E-state index in [2.05, 4.69) is 44.4 Å². The van der Waals surface area contributed by atoms with Gasteiger partial charge < -0.3 is 20.3 Å². The first-order valence-corrected chi connectivity index (χ1v) is 11.5. The summed E-state index contributed by atoms with van der Waals surface area (Å²) >= 11 is 0. The molecular weight excluding hydrogens is 430 g/mol. The van der Waals surface area contributed by atoms with E-state index in [0.717, 1.165) is 41.1 Å². The highest BCUT2D eigenvalue weighted by Gasteiger charge is 2.24. The molecule has 176 valence electrons. The maximum atomic E-state index is 13.4. The quantitative estimate of drug-likeness (QED) is 0.483. The molecule has 1 aromatic carbocycles. The lowest BCUT2D eigenvalue weighted by Gasteiger charge is -2.38. The molecule has 1 saturated heterocycles. The summed E-state index contributed by atoms with van der Waals surface area (Å²) in [5.41, 5.74) is 4.70. The lowest BCUT2D eigenvalue weighted by Crippen LogP contribution is -2.54. The van der Waals surface area contributed by atoms with E-state index >= 15 is 0 Å². The Kier molecular flexibility index (Phi) is 5.57. The minimum Gasteiger partial charge on any atom is -0.481 e. The Morgan fingerprint density at radius 1 is 1.12 bits per heavy atom. The zero-order chi connectivity index (χ0) is 24.0. The van der Waals surface area contributed by atoms with E-state index in [9.17, 15) is 4.79 Å². The molecule has 1 amide bonds. The predicted molar refractivity (Wildman–Crippen MR) is 133 cm³/mol. The number of hydrogen-bond acceptors (Lipinski definition) is 7. The summed E-state index contributed by atoms with van der Waals surface area (Å²) in [5.74, 6) is 0.643. The average molecular weight is 460 g/mol. The Balaban J connectivity index is 1.54. The summed E-state index contributed by atoms with van der Waals surface area (Å²) in [6.45, 7) is 9.99. The number of amides is 1. The van der Waals surface area contributed by atoms with Gasteiger partial charge in [0.1, 0.15) is 0 Å². The van der Waals surface area contributed by atoms with Crippen LogP contribution >= 0.6 is 0 Å². The molecule has 4 aromatic rings. The van der Waals surface area contributed by atoms with Crippen LogP contribution in [0.5, 0.6) is 5.88 Å². The fourth-order valence-corrected chi connectivity index (χ4v) is 4.77. The van der Waals surface area contributed by atoms with Crippen LogP contribution in [0.1, 0.15) is 35.5 Å². The lowest BCUT2D eigenvalue weighted by molar-refractivity contribution is 0.102. The second kappa shape index (κ2) is 8.57. The molecule has 2 atom stereocenters. The lowest BCUT2D eigenvalue weighted by atomic mass is 10.0. The molecule has 0 radical (unpaired) electrons. The van der Waals surface area contributed by atoms with Crippen molar-refractivity contribution in [1.82, 2.24) is 24.9 Å². The highest BCUT2D eigenvalue weighted by Crippen LogP contribution is 2.32. The molecule has 4 heterocycles. The molecule has 0 saturated carbocycles. The Bertz CT molecular complexity index is 1390. The summed E-state index contributed by atoms with van der Waals surface area (Å²) in [5, 5.41) is 11.9. The van der Waals surface area contributed by atoms with Crippen LogP contribution in [0.2, 0.25) is 0 Å². The van der Waals surface area contributed by atoms with Crippen LogP contribution in [0.25, 0.3) is 16.6 Å². The Morgan fingerprint density at radius 2 is 1.88 bits per heavy atom. The van der Waals surface area contributed by atoms with E-state index in [-0.39, 0.29) is 5.91 Å². The standard InChI is InChI=1S/C25H29N7O2/c1-14-10-21(30-32-13-17(4)27-24(14)32)28-25(33)19-6-8-20(31-11-15(2)26-16(3)12-31)18-7-9-22(34-5)29-23(18)19/h6-10,13,15-16,26H,11-12H2,1-5H3,(H,28,30,33). The molecule has 2 unspecified atom stereocenters. The number of aryl methyl sites for hydroxylation is 2. The molecule has 3 aromatic heterocycles. The molecule has 9 heteroatoms. The van der Waals surface area contributed by atoms with Crippen molar-refractivity contribution in [3.63, 3.8) is 0 Å². The highest BCUT2D eigenvalue weighted by atomic mass is 16.5. The van der Waals surface area contributed by atoms with Crippen molar-refractivity contribution < 1.29 is 9.53 Å². The largest absolute Gasteiger partial charge is 0.481 e. The Hall–Kier alpha value is -3.72. The topological polar surface area (TPSA) is 96.7 Å². The summed E-state index contributed by atoms with van der Waals surface area (Å²) in [7, 11) is 1.58. The second-order valence-corrected chi connectivity index (χ2v) is 9.07. The molecule has 9 nitrogen and oxygen atoms in total. The van der Waals surface area contributed by atoms with Crippen molar-refractivity contribution in [2.24, 2.45) is 0 Å². The number of rotatable bonds is 4. The van der Waals surface area contributed by atoms with Crippen molar-refractivity contribution in [3.05, 3.63) is 53.3 Å². The predicted octanol–water partition coefficient (Wildman–Crippen LogP) is 3.34. The number of hydrogen-bond donors (Lipinski definition) is 2. The first-order chi connectivity index (χ1) is 16.3. The van der Waals surface area contributed by atoms with E-state index in [1.807, 2.05) is 50.4 Å². The SMILES string of the molecule is COc1ccc2c(N3CC(C)NC(C)C3)ccc(C(=O)Nc3cc(C)c4nc(C)cn4n3)c2n1. The maximum Gasteiger partial charge on any atom is 0.259 e. The van der Waals surface area contributed by atoms with Crippen molar-refractivity contribution in [1.29, 1.82) is 0 Å². The molecule has 0 spiro atoms. The number of ether oxygens (including phenoxy) is 1. The van der Waals surface area contributed by atoms with Gasteiger partial charge in [0.15, 0.2) is 11.5 Å². The van der Waals surface area contributed by atoms with Gasteiger partial charge in [0, 0.05) is 42.3 Å². The van der Waals surface area contributed by atoms with Gasteiger partial charge in [0.2, 0.25) is 5.88 Å². The third kappa shape index (κ3) is 4.03. The number of anilines is 2. The minimum atomic E-state index is -0.276.